The van der Waals surface area contributed by atoms with Crippen molar-refractivity contribution in [2.45, 2.75) is 26.9 Å². The Bertz CT molecular complexity index is 1520. The number of hydrogen-bond donors (Lipinski definition) is 0. The molecule has 168 valence electrons. The van der Waals surface area contributed by atoms with Crippen LogP contribution in [0.15, 0.2) is 84.9 Å². The number of benzene rings is 4. The van der Waals surface area contributed by atoms with E-state index in [2.05, 4.69) is 112 Å². The maximum atomic E-state index is 2.56. The molecule has 0 aliphatic rings. The SMILES string of the molecule is Cc1[cH-]c2ccc3ccccc3c2c1[Si](C)(C)c1c(C)[cH-]c2ccc3ccccc3c12.[Cl-].[Cl-].[Hf+4]. The normalized spacial score (nSPS) is 11.4. The molecule has 0 aliphatic heterocycles. The fourth-order valence-electron chi connectivity index (χ4n) is 6.12. The van der Waals surface area contributed by atoms with Crippen LogP contribution in [0.25, 0.3) is 43.1 Å². The molecule has 0 heterocycles. The van der Waals surface area contributed by atoms with Crippen LogP contribution in [0.5, 0.6) is 0 Å². The molecule has 0 spiro atoms. The first kappa shape index (κ1) is 26.9. The largest absolute Gasteiger partial charge is 4.00 e. The minimum atomic E-state index is -2.00. The second-order valence-corrected chi connectivity index (χ2v) is 13.8. The third-order valence-electron chi connectivity index (χ3n) is 7.21. The summed E-state index contributed by atoms with van der Waals surface area (Å²) >= 11 is 0. The summed E-state index contributed by atoms with van der Waals surface area (Å²) in [5, 5.41) is 14.4. The van der Waals surface area contributed by atoms with Crippen LogP contribution < -0.4 is 35.2 Å². The van der Waals surface area contributed by atoms with Gasteiger partial charge in [-0.25, -0.2) is 0 Å². The van der Waals surface area contributed by atoms with E-state index in [1.807, 2.05) is 0 Å². The van der Waals surface area contributed by atoms with Crippen LogP contribution in [0.1, 0.15) is 11.1 Å². The number of fused-ring (bicyclic) bond motifs is 6. The summed E-state index contributed by atoms with van der Waals surface area (Å²) in [5.41, 5.74) is 2.88. The van der Waals surface area contributed by atoms with E-state index in [-0.39, 0.29) is 50.7 Å². The number of hydrogen-bond acceptors (Lipinski definition) is 0. The molecule has 4 heteroatoms. The van der Waals surface area contributed by atoms with Crippen LogP contribution in [0.3, 0.4) is 0 Å². The Balaban J connectivity index is 0.00000108. The Morgan fingerprint density at radius 2 is 0.941 bits per heavy atom. The number of aryl methyl sites for hydroxylation is 2. The molecule has 0 aromatic heterocycles. The average Bonchev–Trinajstić information content (AvgIpc) is 3.30. The number of rotatable bonds is 2. The smallest absolute Gasteiger partial charge is 1.00 e. The van der Waals surface area contributed by atoms with Crippen molar-refractivity contribution in [3.8, 4) is 0 Å². The fourth-order valence-corrected chi connectivity index (χ4v) is 10.3. The van der Waals surface area contributed by atoms with E-state index in [0.29, 0.717) is 0 Å². The zero-order valence-electron chi connectivity index (χ0n) is 19.8. The fraction of sp³-hybridized carbons (Fsp3) is 0.133. The van der Waals surface area contributed by atoms with Crippen LogP contribution in [-0.4, -0.2) is 8.07 Å². The van der Waals surface area contributed by atoms with Gasteiger partial charge in [-0.2, -0.15) is 10.4 Å². The van der Waals surface area contributed by atoms with Crippen molar-refractivity contribution in [1.29, 1.82) is 0 Å². The molecule has 6 aromatic carbocycles. The van der Waals surface area contributed by atoms with Gasteiger partial charge in [0.05, 0.1) is 0 Å². The van der Waals surface area contributed by atoms with Crippen molar-refractivity contribution in [3.63, 3.8) is 0 Å². The van der Waals surface area contributed by atoms with E-state index in [0.717, 1.165) is 0 Å². The van der Waals surface area contributed by atoms with E-state index < -0.39 is 8.07 Å². The molecular formula is C30H26Cl2HfSi. The van der Waals surface area contributed by atoms with Gasteiger partial charge >= 0.3 is 25.8 Å². The summed E-state index contributed by atoms with van der Waals surface area (Å²) in [6, 6.07) is 31.7. The Morgan fingerprint density at radius 3 is 1.35 bits per heavy atom. The zero-order valence-corrected chi connectivity index (χ0v) is 25.9. The van der Waals surface area contributed by atoms with Gasteiger partial charge in [0, 0.05) is 8.07 Å². The summed E-state index contributed by atoms with van der Waals surface area (Å²) < 4.78 is 0. The van der Waals surface area contributed by atoms with Crippen molar-refractivity contribution >= 4 is 61.5 Å². The summed E-state index contributed by atoms with van der Waals surface area (Å²) in [7, 11) is -2.00. The molecule has 0 nitrogen and oxygen atoms in total. The van der Waals surface area contributed by atoms with Crippen LogP contribution in [0, 0.1) is 13.8 Å². The van der Waals surface area contributed by atoms with Crippen molar-refractivity contribution in [3.05, 3.63) is 96.1 Å². The topological polar surface area (TPSA) is 0 Å². The maximum Gasteiger partial charge on any atom is 4.00 e. The molecule has 0 amide bonds. The van der Waals surface area contributed by atoms with Crippen LogP contribution in [0.2, 0.25) is 13.1 Å². The molecule has 34 heavy (non-hydrogen) atoms. The second kappa shape index (κ2) is 9.74. The summed E-state index contributed by atoms with van der Waals surface area (Å²) in [6.45, 7) is 9.75. The average molecular weight is 664 g/mol. The standard InChI is InChI=1S/C30H26Si.2ClH.Hf/c1-19-17-23-15-13-21-9-5-7-11-25(21)27(23)29(19)31(3,4)30-20(2)18-24-16-14-22-10-6-8-12-26(22)28(24)30;;;/h5-18H,1-4H3;2*1H;/q-2;;;+4/p-2. The minimum Gasteiger partial charge on any atom is -1.00 e. The van der Waals surface area contributed by atoms with Crippen LogP contribution in [-0.2, 0) is 25.8 Å². The van der Waals surface area contributed by atoms with Gasteiger partial charge in [-0.3, -0.25) is 0 Å². The first-order valence-corrected chi connectivity index (χ1v) is 14.1. The predicted molar refractivity (Wildman–Crippen MR) is 140 cm³/mol. The van der Waals surface area contributed by atoms with Crippen molar-refractivity contribution in [1.82, 2.24) is 0 Å². The molecule has 0 unspecified atom stereocenters. The zero-order chi connectivity index (χ0) is 21.3. The molecule has 6 rings (SSSR count). The van der Waals surface area contributed by atoms with Gasteiger partial charge in [0.1, 0.15) is 0 Å². The Morgan fingerprint density at radius 1 is 0.559 bits per heavy atom. The third-order valence-corrected chi connectivity index (χ3v) is 11.0. The van der Waals surface area contributed by atoms with Crippen molar-refractivity contribution < 1.29 is 50.7 Å². The molecule has 0 bridgehead atoms. The molecule has 0 fully saturated rings. The van der Waals surface area contributed by atoms with Crippen molar-refractivity contribution in [2.75, 3.05) is 0 Å². The Hall–Kier alpha value is -1.71. The Labute approximate surface area is 233 Å². The first-order chi connectivity index (χ1) is 15.0. The third kappa shape index (κ3) is 3.84. The molecule has 6 aromatic rings. The quantitative estimate of drug-likeness (QED) is 0.193. The summed E-state index contributed by atoms with van der Waals surface area (Å²) in [5.74, 6) is 0. The van der Waals surface area contributed by atoms with E-state index in [4.69, 9.17) is 0 Å². The van der Waals surface area contributed by atoms with Crippen LogP contribution in [0.4, 0.5) is 0 Å². The van der Waals surface area contributed by atoms with Crippen LogP contribution >= 0.6 is 0 Å². The number of halogens is 2. The van der Waals surface area contributed by atoms with Gasteiger partial charge < -0.3 is 24.8 Å². The molecule has 0 saturated heterocycles. The monoisotopic (exact) mass is 664 g/mol. The first-order valence-electron chi connectivity index (χ1n) is 11.1. The van der Waals surface area contributed by atoms with Gasteiger partial charge in [0.2, 0.25) is 0 Å². The van der Waals surface area contributed by atoms with Gasteiger partial charge in [0.25, 0.3) is 0 Å². The van der Waals surface area contributed by atoms with Gasteiger partial charge in [-0.15, -0.1) is 56.9 Å². The molecule has 0 radical (unpaired) electrons. The molecular weight excluding hydrogens is 638 g/mol. The second-order valence-electron chi connectivity index (χ2n) is 9.53. The molecule has 0 N–H and O–H groups in total. The molecule has 0 saturated carbocycles. The predicted octanol–water partition coefficient (Wildman–Crippen LogP) is 1.18. The minimum absolute atomic E-state index is 0. The maximum absolute atomic E-state index is 2.56. The van der Waals surface area contributed by atoms with Gasteiger partial charge in [-0.1, -0.05) is 98.4 Å². The Kier molecular flexibility index (Phi) is 7.70. The van der Waals surface area contributed by atoms with E-state index in [9.17, 15) is 0 Å². The van der Waals surface area contributed by atoms with E-state index in [1.165, 1.54) is 54.2 Å². The van der Waals surface area contributed by atoms with Gasteiger partial charge in [-0.05, 0) is 10.8 Å². The summed E-state index contributed by atoms with van der Waals surface area (Å²) in [6.07, 6.45) is 0. The van der Waals surface area contributed by atoms with Gasteiger partial charge in [0.15, 0.2) is 0 Å². The van der Waals surface area contributed by atoms with E-state index in [1.54, 1.807) is 10.4 Å². The van der Waals surface area contributed by atoms with Crippen molar-refractivity contribution in [2.24, 2.45) is 0 Å². The summed E-state index contributed by atoms with van der Waals surface area (Å²) in [4.78, 5) is 0. The van der Waals surface area contributed by atoms with E-state index >= 15 is 0 Å². The molecule has 0 aliphatic carbocycles. The molecule has 0 atom stereocenters.